The Balaban J connectivity index is 1.76. The minimum atomic E-state index is -0.433. The van der Waals surface area contributed by atoms with E-state index in [2.05, 4.69) is 5.32 Å². The third kappa shape index (κ3) is 3.51. The molecule has 3 aromatic rings. The summed E-state index contributed by atoms with van der Waals surface area (Å²) in [5.74, 6) is 0. The highest BCUT2D eigenvalue weighted by Gasteiger charge is 2.15. The third-order valence-corrected chi connectivity index (χ3v) is 3.82. The molecule has 0 aromatic heterocycles. The third-order valence-electron chi connectivity index (χ3n) is 3.82. The molecule has 0 heterocycles. The van der Waals surface area contributed by atoms with E-state index in [0.717, 1.165) is 28.4 Å². The molecule has 3 nitrogen and oxygen atoms in total. The van der Waals surface area contributed by atoms with E-state index in [-0.39, 0.29) is 6.10 Å². The number of rotatable bonds is 4. The number of carbonyl (C=O) groups is 1. The van der Waals surface area contributed by atoms with Gasteiger partial charge in [0.1, 0.15) is 6.10 Å². The molecule has 0 saturated heterocycles. The maximum Gasteiger partial charge on any atom is 0.412 e. The molecule has 0 spiro atoms. The summed E-state index contributed by atoms with van der Waals surface area (Å²) in [7, 11) is 0. The van der Waals surface area contributed by atoms with E-state index in [1.165, 1.54) is 0 Å². The van der Waals surface area contributed by atoms with Crippen molar-refractivity contribution in [2.45, 2.75) is 19.4 Å². The Morgan fingerprint density at radius 1 is 0.957 bits per heavy atom. The van der Waals surface area contributed by atoms with Crippen molar-refractivity contribution in [3.63, 3.8) is 0 Å². The number of anilines is 1. The number of benzene rings is 3. The summed E-state index contributed by atoms with van der Waals surface area (Å²) in [6, 6.07) is 23.6. The molecule has 0 aliphatic carbocycles. The van der Waals surface area contributed by atoms with Crippen LogP contribution in [0.1, 0.15) is 25.0 Å². The second-order valence-corrected chi connectivity index (χ2v) is 5.36. The van der Waals surface area contributed by atoms with Crippen LogP contribution in [0, 0.1) is 0 Å². The summed E-state index contributed by atoms with van der Waals surface area (Å²) >= 11 is 0. The minimum Gasteiger partial charge on any atom is -0.441 e. The van der Waals surface area contributed by atoms with Crippen LogP contribution in [0.4, 0.5) is 10.5 Å². The van der Waals surface area contributed by atoms with Crippen molar-refractivity contribution in [1.29, 1.82) is 0 Å². The molecule has 0 radical (unpaired) electrons. The largest absolute Gasteiger partial charge is 0.441 e. The van der Waals surface area contributed by atoms with Gasteiger partial charge in [-0.15, -0.1) is 0 Å². The summed E-state index contributed by atoms with van der Waals surface area (Å²) in [6.45, 7) is 2.00. The van der Waals surface area contributed by atoms with Gasteiger partial charge in [-0.3, -0.25) is 5.32 Å². The number of fused-ring (bicyclic) bond motifs is 1. The van der Waals surface area contributed by atoms with Gasteiger partial charge in [0.15, 0.2) is 0 Å². The monoisotopic (exact) mass is 305 g/mol. The lowest BCUT2D eigenvalue weighted by Crippen LogP contribution is -2.17. The number of amides is 1. The molecule has 1 N–H and O–H groups in total. The second-order valence-electron chi connectivity index (χ2n) is 5.36. The van der Waals surface area contributed by atoms with Gasteiger partial charge in [-0.2, -0.15) is 0 Å². The first-order valence-electron chi connectivity index (χ1n) is 7.78. The summed E-state index contributed by atoms with van der Waals surface area (Å²) in [5, 5.41) is 4.94. The average molecular weight is 305 g/mol. The zero-order chi connectivity index (χ0) is 16.1. The van der Waals surface area contributed by atoms with Crippen LogP contribution in [0.15, 0.2) is 72.8 Å². The van der Waals surface area contributed by atoms with Crippen molar-refractivity contribution >= 4 is 22.6 Å². The predicted molar refractivity (Wildman–Crippen MR) is 93.5 cm³/mol. The van der Waals surface area contributed by atoms with Crippen molar-refractivity contribution in [2.24, 2.45) is 0 Å². The van der Waals surface area contributed by atoms with Crippen LogP contribution in [0.3, 0.4) is 0 Å². The van der Waals surface area contributed by atoms with Gasteiger partial charge in [0.25, 0.3) is 0 Å². The highest BCUT2D eigenvalue weighted by Crippen LogP contribution is 2.25. The molecule has 1 amide bonds. The maximum atomic E-state index is 12.3. The Hall–Kier alpha value is -2.81. The van der Waals surface area contributed by atoms with E-state index >= 15 is 0 Å². The quantitative estimate of drug-likeness (QED) is 0.687. The smallest absolute Gasteiger partial charge is 0.412 e. The Morgan fingerprint density at radius 2 is 1.65 bits per heavy atom. The molecule has 0 bridgehead atoms. The van der Waals surface area contributed by atoms with Gasteiger partial charge in [0.05, 0.1) is 5.69 Å². The van der Waals surface area contributed by atoms with Crippen molar-refractivity contribution in [3.05, 3.63) is 78.4 Å². The maximum absolute atomic E-state index is 12.3. The number of hydrogen-bond donors (Lipinski definition) is 1. The number of nitrogens with one attached hydrogen (secondary N) is 1. The lowest BCUT2D eigenvalue weighted by Gasteiger charge is -2.17. The van der Waals surface area contributed by atoms with Crippen LogP contribution in [-0.4, -0.2) is 6.09 Å². The van der Waals surface area contributed by atoms with Gasteiger partial charge in [-0.05, 0) is 23.4 Å². The Morgan fingerprint density at radius 3 is 2.43 bits per heavy atom. The van der Waals surface area contributed by atoms with Crippen LogP contribution >= 0.6 is 0 Å². The fourth-order valence-electron chi connectivity index (χ4n) is 2.66. The molecular formula is C20H19NO2. The standard InChI is InChI=1S/C20H19NO2/c1-2-19(16-10-4-3-5-11-16)23-20(22)21-18-14-8-12-15-9-6-7-13-17(15)18/h3-14,19H,2H2,1H3,(H,21,22). The second kappa shape index (κ2) is 6.97. The summed E-state index contributed by atoms with van der Waals surface area (Å²) in [5.41, 5.74) is 1.76. The summed E-state index contributed by atoms with van der Waals surface area (Å²) in [6.07, 6.45) is 0.0516. The van der Waals surface area contributed by atoms with E-state index in [1.807, 2.05) is 79.7 Å². The average Bonchev–Trinajstić information content (AvgIpc) is 2.61. The molecule has 0 aliphatic rings. The van der Waals surface area contributed by atoms with Crippen LogP contribution in [0.5, 0.6) is 0 Å². The fourth-order valence-corrected chi connectivity index (χ4v) is 2.66. The molecule has 3 heteroatoms. The molecule has 116 valence electrons. The minimum absolute atomic E-state index is 0.244. The lowest BCUT2D eigenvalue weighted by molar-refractivity contribution is 0.108. The van der Waals surface area contributed by atoms with Gasteiger partial charge in [0.2, 0.25) is 0 Å². The normalized spacial score (nSPS) is 11.9. The van der Waals surface area contributed by atoms with E-state index in [9.17, 15) is 4.79 Å². The molecule has 1 atom stereocenters. The van der Waals surface area contributed by atoms with Gasteiger partial charge in [0, 0.05) is 5.39 Å². The molecular weight excluding hydrogens is 286 g/mol. The van der Waals surface area contributed by atoms with Crippen LogP contribution < -0.4 is 5.32 Å². The number of ether oxygens (including phenoxy) is 1. The predicted octanol–water partition coefficient (Wildman–Crippen LogP) is 5.54. The Kier molecular flexibility index (Phi) is 4.57. The fraction of sp³-hybridized carbons (Fsp3) is 0.150. The lowest BCUT2D eigenvalue weighted by atomic mass is 10.1. The van der Waals surface area contributed by atoms with Gasteiger partial charge < -0.3 is 4.74 Å². The molecule has 3 rings (SSSR count). The van der Waals surface area contributed by atoms with E-state index in [4.69, 9.17) is 4.74 Å². The highest BCUT2D eigenvalue weighted by atomic mass is 16.6. The molecule has 3 aromatic carbocycles. The van der Waals surface area contributed by atoms with E-state index in [1.54, 1.807) is 0 Å². The van der Waals surface area contributed by atoms with Crippen LogP contribution in [-0.2, 0) is 4.74 Å². The molecule has 0 saturated carbocycles. The molecule has 0 aliphatic heterocycles. The molecule has 1 unspecified atom stereocenters. The van der Waals surface area contributed by atoms with E-state index in [0.29, 0.717) is 0 Å². The molecule has 23 heavy (non-hydrogen) atoms. The van der Waals surface area contributed by atoms with Gasteiger partial charge in [-0.25, -0.2) is 4.79 Å². The zero-order valence-electron chi connectivity index (χ0n) is 13.0. The zero-order valence-corrected chi connectivity index (χ0v) is 13.0. The number of hydrogen-bond acceptors (Lipinski definition) is 2. The van der Waals surface area contributed by atoms with Gasteiger partial charge >= 0.3 is 6.09 Å². The Labute approximate surface area is 135 Å². The van der Waals surface area contributed by atoms with Crippen molar-refractivity contribution in [3.8, 4) is 0 Å². The summed E-state index contributed by atoms with van der Waals surface area (Å²) in [4.78, 5) is 12.3. The Bertz CT molecular complexity index is 794. The van der Waals surface area contributed by atoms with Crippen molar-refractivity contribution in [2.75, 3.05) is 5.32 Å². The topological polar surface area (TPSA) is 38.3 Å². The highest BCUT2D eigenvalue weighted by molar-refractivity contribution is 6.00. The first-order valence-corrected chi connectivity index (χ1v) is 7.78. The van der Waals surface area contributed by atoms with E-state index < -0.39 is 6.09 Å². The van der Waals surface area contributed by atoms with Crippen LogP contribution in [0.25, 0.3) is 10.8 Å². The number of carbonyl (C=O) groups excluding carboxylic acids is 1. The first-order chi connectivity index (χ1) is 11.3. The molecule has 0 fully saturated rings. The van der Waals surface area contributed by atoms with Crippen LogP contribution in [0.2, 0.25) is 0 Å². The van der Waals surface area contributed by atoms with Crippen molar-refractivity contribution < 1.29 is 9.53 Å². The van der Waals surface area contributed by atoms with Crippen molar-refractivity contribution in [1.82, 2.24) is 0 Å². The summed E-state index contributed by atoms with van der Waals surface area (Å²) < 4.78 is 5.59. The first kappa shape index (κ1) is 15.1. The van der Waals surface area contributed by atoms with Gasteiger partial charge in [-0.1, -0.05) is 73.7 Å². The SMILES string of the molecule is CCC(OC(=O)Nc1cccc2ccccc12)c1ccccc1.